The SMILES string of the molecule is Cc1ccc(C(=O)C[N+](=O)[O-])cc1N. The number of nitro groups is 1. The molecular formula is C9H10N2O3. The van der Waals surface area contributed by atoms with Gasteiger partial charge < -0.3 is 5.73 Å². The van der Waals surface area contributed by atoms with Crippen LogP contribution in [0.1, 0.15) is 15.9 Å². The molecule has 0 amide bonds. The van der Waals surface area contributed by atoms with Gasteiger partial charge in [0.2, 0.25) is 5.78 Å². The lowest BCUT2D eigenvalue weighted by atomic mass is 10.1. The summed E-state index contributed by atoms with van der Waals surface area (Å²) < 4.78 is 0. The standard InChI is InChI=1S/C9H10N2O3/c1-6-2-3-7(4-8(6)10)9(12)5-11(13)14/h2-4H,5,10H2,1H3. The van der Waals surface area contributed by atoms with Gasteiger partial charge in [-0.2, -0.15) is 0 Å². The second-order valence-electron chi connectivity index (χ2n) is 2.99. The van der Waals surface area contributed by atoms with E-state index in [1.165, 1.54) is 12.1 Å². The van der Waals surface area contributed by atoms with Gasteiger partial charge in [-0.25, -0.2) is 0 Å². The first kappa shape index (κ1) is 10.2. The number of nitrogens with zero attached hydrogens (tertiary/aromatic N) is 1. The van der Waals surface area contributed by atoms with Crippen LogP contribution in [0.5, 0.6) is 0 Å². The van der Waals surface area contributed by atoms with Crippen molar-refractivity contribution in [2.75, 3.05) is 12.3 Å². The molecule has 0 fully saturated rings. The summed E-state index contributed by atoms with van der Waals surface area (Å²) in [5, 5.41) is 10.1. The number of nitrogens with two attached hydrogens (primary N) is 1. The summed E-state index contributed by atoms with van der Waals surface area (Å²) in [4.78, 5) is 20.7. The Morgan fingerprint density at radius 2 is 2.21 bits per heavy atom. The molecule has 0 heterocycles. The Kier molecular flexibility index (Phi) is 2.81. The molecule has 1 aromatic carbocycles. The van der Waals surface area contributed by atoms with Crippen LogP contribution in [0.25, 0.3) is 0 Å². The molecule has 5 nitrogen and oxygen atoms in total. The number of nitrogen functional groups attached to an aromatic ring is 1. The van der Waals surface area contributed by atoms with Crippen molar-refractivity contribution in [3.63, 3.8) is 0 Å². The second kappa shape index (κ2) is 3.87. The van der Waals surface area contributed by atoms with E-state index < -0.39 is 17.3 Å². The van der Waals surface area contributed by atoms with E-state index in [1.54, 1.807) is 13.0 Å². The van der Waals surface area contributed by atoms with E-state index in [0.29, 0.717) is 5.69 Å². The molecule has 0 unspecified atom stereocenters. The molecule has 0 aliphatic rings. The average Bonchev–Trinajstić information content (AvgIpc) is 2.08. The number of hydrogen-bond acceptors (Lipinski definition) is 4. The van der Waals surface area contributed by atoms with Crippen LogP contribution in [0.15, 0.2) is 18.2 Å². The molecule has 0 saturated carbocycles. The minimum atomic E-state index is -0.692. The molecule has 2 N–H and O–H groups in total. The van der Waals surface area contributed by atoms with Gasteiger partial charge >= 0.3 is 0 Å². The van der Waals surface area contributed by atoms with Gasteiger partial charge in [0.25, 0.3) is 6.54 Å². The number of hydrogen-bond donors (Lipinski definition) is 1. The number of carbonyl (C=O) groups is 1. The van der Waals surface area contributed by atoms with E-state index in [1.807, 2.05) is 0 Å². The summed E-state index contributed by atoms with van der Waals surface area (Å²) in [7, 11) is 0. The fourth-order valence-corrected chi connectivity index (χ4v) is 1.02. The molecule has 0 aliphatic carbocycles. The zero-order valence-electron chi connectivity index (χ0n) is 7.69. The van der Waals surface area contributed by atoms with E-state index in [0.717, 1.165) is 5.56 Å². The van der Waals surface area contributed by atoms with Gasteiger partial charge in [-0.3, -0.25) is 14.9 Å². The Bertz CT molecular complexity index is 388. The Morgan fingerprint density at radius 1 is 1.57 bits per heavy atom. The number of anilines is 1. The molecule has 14 heavy (non-hydrogen) atoms. The number of aryl methyl sites for hydroxylation is 1. The third kappa shape index (κ3) is 2.29. The fourth-order valence-electron chi connectivity index (χ4n) is 1.02. The molecule has 0 atom stereocenters. The van der Waals surface area contributed by atoms with Gasteiger partial charge in [0.15, 0.2) is 0 Å². The van der Waals surface area contributed by atoms with E-state index in [-0.39, 0.29) is 5.56 Å². The first-order chi connectivity index (χ1) is 6.50. The van der Waals surface area contributed by atoms with Gasteiger partial charge in [0.05, 0.1) is 0 Å². The van der Waals surface area contributed by atoms with Crippen molar-refractivity contribution in [2.45, 2.75) is 6.92 Å². The summed E-state index contributed by atoms with van der Waals surface area (Å²) in [5.74, 6) is -0.526. The summed E-state index contributed by atoms with van der Waals surface area (Å²) in [6.07, 6.45) is 0. The Morgan fingerprint density at radius 3 is 2.71 bits per heavy atom. The van der Waals surface area contributed by atoms with Crippen LogP contribution in [0.3, 0.4) is 0 Å². The van der Waals surface area contributed by atoms with E-state index in [2.05, 4.69) is 0 Å². The van der Waals surface area contributed by atoms with Crippen molar-refractivity contribution in [3.05, 3.63) is 39.4 Å². The van der Waals surface area contributed by atoms with Crippen molar-refractivity contribution in [3.8, 4) is 0 Å². The molecule has 0 aliphatic heterocycles. The first-order valence-corrected chi connectivity index (χ1v) is 4.02. The first-order valence-electron chi connectivity index (χ1n) is 4.02. The van der Waals surface area contributed by atoms with Gasteiger partial charge in [-0.1, -0.05) is 12.1 Å². The number of ketones is 1. The lowest BCUT2D eigenvalue weighted by Crippen LogP contribution is -2.14. The second-order valence-corrected chi connectivity index (χ2v) is 2.99. The molecule has 0 radical (unpaired) electrons. The zero-order chi connectivity index (χ0) is 10.7. The zero-order valence-corrected chi connectivity index (χ0v) is 7.69. The number of carbonyl (C=O) groups excluding carboxylic acids is 1. The minimum Gasteiger partial charge on any atom is -0.398 e. The fraction of sp³-hybridized carbons (Fsp3) is 0.222. The third-order valence-electron chi connectivity index (χ3n) is 1.87. The van der Waals surface area contributed by atoms with Crippen molar-refractivity contribution in [1.29, 1.82) is 0 Å². The van der Waals surface area contributed by atoms with Crippen molar-refractivity contribution in [1.82, 2.24) is 0 Å². The highest BCUT2D eigenvalue weighted by Crippen LogP contribution is 2.13. The lowest BCUT2D eigenvalue weighted by molar-refractivity contribution is -0.465. The highest BCUT2D eigenvalue weighted by molar-refractivity contribution is 5.97. The minimum absolute atomic E-state index is 0.282. The Hall–Kier alpha value is -1.91. The predicted octanol–water partition coefficient (Wildman–Crippen LogP) is 1.04. The molecule has 0 spiro atoms. The van der Waals surface area contributed by atoms with Gasteiger partial charge in [0, 0.05) is 16.2 Å². The third-order valence-corrected chi connectivity index (χ3v) is 1.87. The molecule has 1 rings (SSSR count). The van der Waals surface area contributed by atoms with Gasteiger partial charge in [0.1, 0.15) is 0 Å². The molecular weight excluding hydrogens is 184 g/mol. The average molecular weight is 194 g/mol. The summed E-state index contributed by atoms with van der Waals surface area (Å²) in [6.45, 7) is 1.11. The summed E-state index contributed by atoms with van der Waals surface area (Å²) >= 11 is 0. The van der Waals surface area contributed by atoms with Crippen molar-refractivity contribution < 1.29 is 9.72 Å². The van der Waals surface area contributed by atoms with Crippen LogP contribution < -0.4 is 5.73 Å². The van der Waals surface area contributed by atoms with Gasteiger partial charge in [-0.15, -0.1) is 0 Å². The van der Waals surface area contributed by atoms with Gasteiger partial charge in [-0.05, 0) is 18.6 Å². The van der Waals surface area contributed by atoms with Crippen LogP contribution in [0, 0.1) is 17.0 Å². The number of rotatable bonds is 3. The number of benzene rings is 1. The topological polar surface area (TPSA) is 86.2 Å². The van der Waals surface area contributed by atoms with Crippen LogP contribution >= 0.6 is 0 Å². The largest absolute Gasteiger partial charge is 0.398 e. The predicted molar refractivity (Wildman–Crippen MR) is 51.8 cm³/mol. The maximum atomic E-state index is 11.2. The number of Topliss-reactive ketones (excluding diaryl/α,β-unsaturated/α-hetero) is 1. The summed E-state index contributed by atoms with van der Waals surface area (Å²) in [5.41, 5.74) is 7.17. The maximum Gasteiger partial charge on any atom is 0.265 e. The lowest BCUT2D eigenvalue weighted by Gasteiger charge is -2.01. The van der Waals surface area contributed by atoms with E-state index >= 15 is 0 Å². The molecule has 74 valence electrons. The molecule has 0 saturated heterocycles. The van der Waals surface area contributed by atoms with Crippen LogP contribution in [-0.4, -0.2) is 17.3 Å². The monoisotopic (exact) mass is 194 g/mol. The van der Waals surface area contributed by atoms with Crippen LogP contribution in [-0.2, 0) is 0 Å². The molecule has 5 heteroatoms. The summed E-state index contributed by atoms with van der Waals surface area (Å²) in [6, 6.07) is 4.67. The smallest absolute Gasteiger partial charge is 0.265 e. The van der Waals surface area contributed by atoms with E-state index in [9.17, 15) is 14.9 Å². The highest BCUT2D eigenvalue weighted by Gasteiger charge is 2.12. The van der Waals surface area contributed by atoms with Crippen molar-refractivity contribution >= 4 is 11.5 Å². The normalized spacial score (nSPS) is 9.79. The maximum absolute atomic E-state index is 11.2. The van der Waals surface area contributed by atoms with E-state index in [4.69, 9.17) is 5.73 Å². The van der Waals surface area contributed by atoms with Crippen LogP contribution in [0.4, 0.5) is 5.69 Å². The van der Waals surface area contributed by atoms with Crippen molar-refractivity contribution in [2.24, 2.45) is 0 Å². The Labute approximate surface area is 80.7 Å². The van der Waals surface area contributed by atoms with Crippen LogP contribution in [0.2, 0.25) is 0 Å². The molecule has 0 bridgehead atoms. The quantitative estimate of drug-likeness (QED) is 0.337. The Balaban J connectivity index is 2.91. The highest BCUT2D eigenvalue weighted by atomic mass is 16.6. The molecule has 0 aromatic heterocycles. The molecule has 1 aromatic rings.